The molecule has 3 aromatic rings. The topological polar surface area (TPSA) is 58.6 Å². The fourth-order valence-electron chi connectivity index (χ4n) is 4.46. The molecule has 35 heavy (non-hydrogen) atoms. The Labute approximate surface area is 221 Å². The number of carbonyl (C=O) groups is 2. The Morgan fingerprint density at radius 3 is 2.11 bits per heavy atom. The molecule has 1 aliphatic rings. The first-order valence-electron chi connectivity index (χ1n) is 12.1. The van der Waals surface area contributed by atoms with Gasteiger partial charge in [-0.1, -0.05) is 73.5 Å². The van der Waals surface area contributed by atoms with Gasteiger partial charge in [0, 0.05) is 22.6 Å². The Balaban J connectivity index is 1.58. The van der Waals surface area contributed by atoms with E-state index in [0.717, 1.165) is 40.4 Å². The summed E-state index contributed by atoms with van der Waals surface area (Å²) >= 11 is 2.23. The third kappa shape index (κ3) is 7.56. The number of halogens is 1. The smallest absolute Gasteiger partial charge is 0.261 e. The molecule has 0 unspecified atom stereocenters. The molecule has 1 aliphatic carbocycles. The Bertz CT molecular complexity index is 1080. The van der Waals surface area contributed by atoms with Crippen LogP contribution in [-0.4, -0.2) is 35.4 Å². The van der Waals surface area contributed by atoms with Crippen LogP contribution >= 0.6 is 22.6 Å². The molecule has 0 saturated heterocycles. The van der Waals surface area contributed by atoms with E-state index in [0.29, 0.717) is 18.7 Å². The van der Waals surface area contributed by atoms with E-state index in [9.17, 15) is 9.59 Å². The van der Waals surface area contributed by atoms with Gasteiger partial charge >= 0.3 is 0 Å². The molecule has 0 aliphatic heterocycles. The number of rotatable bonds is 10. The zero-order valence-electron chi connectivity index (χ0n) is 19.7. The van der Waals surface area contributed by atoms with Gasteiger partial charge in [0.25, 0.3) is 5.91 Å². The van der Waals surface area contributed by atoms with Crippen molar-refractivity contribution in [2.24, 2.45) is 0 Å². The molecular weight excluding hydrogens is 551 g/mol. The van der Waals surface area contributed by atoms with Gasteiger partial charge in [-0.15, -0.1) is 0 Å². The van der Waals surface area contributed by atoms with Crippen molar-refractivity contribution in [2.45, 2.75) is 50.7 Å². The molecule has 0 radical (unpaired) electrons. The Hall–Kier alpha value is -2.87. The molecule has 1 fully saturated rings. The van der Waals surface area contributed by atoms with Gasteiger partial charge in [0.05, 0.1) is 0 Å². The summed E-state index contributed by atoms with van der Waals surface area (Å²) in [5.74, 6) is 0.322. The second-order valence-electron chi connectivity index (χ2n) is 8.95. The molecule has 2 amide bonds. The van der Waals surface area contributed by atoms with Crippen LogP contribution in [-0.2, 0) is 22.6 Å². The van der Waals surface area contributed by atoms with Gasteiger partial charge in [0.2, 0.25) is 5.91 Å². The lowest BCUT2D eigenvalue weighted by atomic mass is 10.0. The first kappa shape index (κ1) is 25.2. The minimum absolute atomic E-state index is 0.0979. The monoisotopic (exact) mass is 582 g/mol. The molecule has 0 spiro atoms. The van der Waals surface area contributed by atoms with Crippen molar-refractivity contribution < 1.29 is 14.3 Å². The first-order valence-corrected chi connectivity index (χ1v) is 13.2. The zero-order valence-corrected chi connectivity index (χ0v) is 21.9. The summed E-state index contributed by atoms with van der Waals surface area (Å²) < 4.78 is 6.92. The number of ether oxygens (including phenoxy) is 1. The Kier molecular flexibility index (Phi) is 9.17. The van der Waals surface area contributed by atoms with Crippen molar-refractivity contribution in [2.75, 3.05) is 6.61 Å². The summed E-state index contributed by atoms with van der Waals surface area (Å²) in [7, 11) is 0. The summed E-state index contributed by atoms with van der Waals surface area (Å²) in [6.07, 6.45) is 4.69. The number of nitrogens with zero attached hydrogens (tertiary/aromatic N) is 1. The second kappa shape index (κ2) is 12.7. The van der Waals surface area contributed by atoms with Gasteiger partial charge in [-0.2, -0.15) is 0 Å². The van der Waals surface area contributed by atoms with Crippen LogP contribution < -0.4 is 10.1 Å². The maximum absolute atomic E-state index is 13.6. The fraction of sp³-hybridized carbons (Fsp3) is 0.310. The average molecular weight is 582 g/mol. The normalized spacial score (nSPS) is 14.3. The average Bonchev–Trinajstić information content (AvgIpc) is 3.40. The second-order valence-corrected chi connectivity index (χ2v) is 10.2. The lowest BCUT2D eigenvalue weighted by Crippen LogP contribution is -2.53. The lowest BCUT2D eigenvalue weighted by Gasteiger charge is -2.32. The third-order valence-electron chi connectivity index (χ3n) is 6.34. The van der Waals surface area contributed by atoms with Crippen molar-refractivity contribution in [3.63, 3.8) is 0 Å². The Morgan fingerprint density at radius 1 is 0.886 bits per heavy atom. The van der Waals surface area contributed by atoms with Crippen molar-refractivity contribution in [3.8, 4) is 5.75 Å². The van der Waals surface area contributed by atoms with Crippen LogP contribution in [0, 0.1) is 3.57 Å². The minimum Gasteiger partial charge on any atom is -0.484 e. The highest BCUT2D eigenvalue weighted by molar-refractivity contribution is 14.1. The van der Waals surface area contributed by atoms with Crippen molar-refractivity contribution >= 4 is 34.4 Å². The molecule has 0 bridgehead atoms. The van der Waals surface area contributed by atoms with Gasteiger partial charge in [-0.25, -0.2) is 0 Å². The standard InChI is InChI=1S/C29H31IN2O3/c30-24-15-17-26(18-16-24)35-21-28(33)32(20-23-11-5-2-6-12-23)27(19-22-9-3-1-4-10-22)29(34)31-25-13-7-8-14-25/h1-6,9-12,15-18,25,27H,7-8,13-14,19-21H2,(H,31,34)/t27-/m1/s1. The van der Waals surface area contributed by atoms with E-state index in [1.807, 2.05) is 84.9 Å². The van der Waals surface area contributed by atoms with E-state index in [1.165, 1.54) is 0 Å². The Morgan fingerprint density at radius 2 is 1.49 bits per heavy atom. The number of benzene rings is 3. The molecular formula is C29H31IN2O3. The summed E-state index contributed by atoms with van der Waals surface area (Å²) in [5, 5.41) is 3.23. The van der Waals surface area contributed by atoms with E-state index in [-0.39, 0.29) is 24.5 Å². The molecule has 1 N–H and O–H groups in total. The first-order chi connectivity index (χ1) is 17.1. The van der Waals surface area contributed by atoms with Crippen LogP contribution in [0.5, 0.6) is 5.75 Å². The molecule has 6 heteroatoms. The van der Waals surface area contributed by atoms with Gasteiger partial charge in [-0.05, 0) is 70.8 Å². The van der Waals surface area contributed by atoms with E-state index in [4.69, 9.17) is 4.74 Å². The molecule has 1 atom stereocenters. The van der Waals surface area contributed by atoms with Gasteiger partial charge < -0.3 is 15.0 Å². The summed E-state index contributed by atoms with van der Waals surface area (Å²) in [4.78, 5) is 28.9. The quantitative estimate of drug-likeness (QED) is 0.327. The zero-order chi connectivity index (χ0) is 24.5. The number of hydrogen-bond acceptors (Lipinski definition) is 3. The van der Waals surface area contributed by atoms with Crippen molar-refractivity contribution in [3.05, 3.63) is 99.6 Å². The largest absolute Gasteiger partial charge is 0.484 e. The number of carbonyl (C=O) groups excluding carboxylic acids is 2. The molecule has 5 nitrogen and oxygen atoms in total. The summed E-state index contributed by atoms with van der Waals surface area (Å²) in [6.45, 7) is 0.209. The lowest BCUT2D eigenvalue weighted by molar-refractivity contribution is -0.143. The van der Waals surface area contributed by atoms with Gasteiger partial charge in [0.15, 0.2) is 6.61 Å². The van der Waals surface area contributed by atoms with Crippen LogP contribution in [0.3, 0.4) is 0 Å². The molecule has 0 heterocycles. The van der Waals surface area contributed by atoms with E-state index < -0.39 is 6.04 Å². The van der Waals surface area contributed by atoms with Crippen molar-refractivity contribution in [1.82, 2.24) is 10.2 Å². The predicted molar refractivity (Wildman–Crippen MR) is 146 cm³/mol. The molecule has 0 aromatic heterocycles. The fourth-order valence-corrected chi connectivity index (χ4v) is 4.82. The summed E-state index contributed by atoms with van der Waals surface area (Å²) in [6, 6.07) is 26.8. The predicted octanol–water partition coefficient (Wildman–Crippen LogP) is 5.37. The maximum Gasteiger partial charge on any atom is 0.261 e. The highest BCUT2D eigenvalue weighted by Gasteiger charge is 2.32. The highest BCUT2D eigenvalue weighted by Crippen LogP contribution is 2.20. The van der Waals surface area contributed by atoms with Crippen LogP contribution in [0.4, 0.5) is 0 Å². The van der Waals surface area contributed by atoms with Crippen LogP contribution in [0.25, 0.3) is 0 Å². The molecule has 3 aromatic carbocycles. The van der Waals surface area contributed by atoms with Crippen LogP contribution in [0.1, 0.15) is 36.8 Å². The van der Waals surface area contributed by atoms with Gasteiger partial charge in [0.1, 0.15) is 11.8 Å². The van der Waals surface area contributed by atoms with E-state index in [2.05, 4.69) is 27.9 Å². The molecule has 4 rings (SSSR count). The van der Waals surface area contributed by atoms with Crippen molar-refractivity contribution in [1.29, 1.82) is 0 Å². The highest BCUT2D eigenvalue weighted by atomic mass is 127. The van der Waals surface area contributed by atoms with Gasteiger partial charge in [-0.3, -0.25) is 9.59 Å². The number of hydrogen-bond donors (Lipinski definition) is 1. The van der Waals surface area contributed by atoms with E-state index >= 15 is 0 Å². The number of amides is 2. The van der Waals surface area contributed by atoms with Crippen LogP contribution in [0.15, 0.2) is 84.9 Å². The molecule has 182 valence electrons. The van der Waals surface area contributed by atoms with Crippen LogP contribution in [0.2, 0.25) is 0 Å². The molecule has 1 saturated carbocycles. The minimum atomic E-state index is -0.633. The maximum atomic E-state index is 13.6. The summed E-state index contributed by atoms with van der Waals surface area (Å²) in [5.41, 5.74) is 1.99. The number of nitrogens with one attached hydrogen (secondary N) is 1. The third-order valence-corrected chi connectivity index (χ3v) is 7.06. The SMILES string of the molecule is O=C(NC1CCCC1)[C@@H](Cc1ccccc1)N(Cc1ccccc1)C(=O)COc1ccc(I)cc1. The van der Waals surface area contributed by atoms with E-state index in [1.54, 1.807) is 4.90 Å².